The minimum Gasteiger partial charge on any atom is -0.481 e. The van der Waals surface area contributed by atoms with E-state index >= 15 is 0 Å². The number of hydrogen-bond donors (Lipinski definition) is 1. The number of benzene rings is 2. The van der Waals surface area contributed by atoms with Gasteiger partial charge in [-0.25, -0.2) is 9.67 Å². The van der Waals surface area contributed by atoms with Gasteiger partial charge in [-0.15, -0.1) is 0 Å². The molecule has 1 heterocycles. The van der Waals surface area contributed by atoms with Gasteiger partial charge in [-0.3, -0.25) is 4.79 Å². The zero-order chi connectivity index (χ0) is 18.4. The molecule has 6 nitrogen and oxygen atoms in total. The Bertz CT molecular complexity index is 827. The number of hydrogen-bond acceptors (Lipinski definition) is 4. The number of carbonyl (C=O) groups is 1. The molecule has 3 aromatic rings. The molecule has 134 valence electrons. The molecular formula is C20H22N4O2. The second-order valence-corrected chi connectivity index (χ2v) is 6.20. The van der Waals surface area contributed by atoms with Gasteiger partial charge in [-0.05, 0) is 37.1 Å². The van der Waals surface area contributed by atoms with E-state index in [1.54, 1.807) is 17.9 Å². The Balaban J connectivity index is 1.48. The number of aryl methyl sites for hydroxylation is 1. The van der Waals surface area contributed by atoms with E-state index in [1.807, 2.05) is 55.5 Å². The number of carbonyl (C=O) groups excluding carboxylic acids is 1. The lowest BCUT2D eigenvalue weighted by molar-refractivity contribution is -0.127. The molecular weight excluding hydrogens is 328 g/mol. The maximum absolute atomic E-state index is 12.2. The maximum atomic E-state index is 12.2. The molecule has 0 aliphatic rings. The van der Waals surface area contributed by atoms with Crippen molar-refractivity contribution in [3.8, 4) is 5.75 Å². The molecule has 1 atom stereocenters. The molecule has 0 radical (unpaired) electrons. The van der Waals surface area contributed by atoms with E-state index in [2.05, 4.69) is 15.4 Å². The van der Waals surface area contributed by atoms with Crippen LogP contribution >= 0.6 is 0 Å². The lowest BCUT2D eigenvalue weighted by Gasteiger charge is -2.15. The van der Waals surface area contributed by atoms with Crippen molar-refractivity contribution in [2.75, 3.05) is 0 Å². The first-order valence-electron chi connectivity index (χ1n) is 8.51. The zero-order valence-electron chi connectivity index (χ0n) is 14.9. The number of aromatic nitrogens is 3. The summed E-state index contributed by atoms with van der Waals surface area (Å²) in [6.45, 7) is 4.89. The highest BCUT2D eigenvalue weighted by atomic mass is 16.5. The Morgan fingerprint density at radius 1 is 1.12 bits per heavy atom. The second kappa shape index (κ2) is 8.29. The molecule has 0 saturated heterocycles. The van der Waals surface area contributed by atoms with Gasteiger partial charge in [0.25, 0.3) is 5.91 Å². The largest absolute Gasteiger partial charge is 0.481 e. The fourth-order valence-corrected chi connectivity index (χ4v) is 2.47. The van der Waals surface area contributed by atoms with Crippen molar-refractivity contribution in [2.45, 2.75) is 33.0 Å². The van der Waals surface area contributed by atoms with E-state index in [0.717, 1.165) is 16.7 Å². The Morgan fingerprint density at radius 3 is 2.46 bits per heavy atom. The van der Waals surface area contributed by atoms with Crippen LogP contribution in [0.2, 0.25) is 0 Å². The summed E-state index contributed by atoms with van der Waals surface area (Å²) in [4.78, 5) is 16.1. The number of amides is 1. The second-order valence-electron chi connectivity index (χ2n) is 6.20. The summed E-state index contributed by atoms with van der Waals surface area (Å²) >= 11 is 0. The predicted molar refractivity (Wildman–Crippen MR) is 98.7 cm³/mol. The minimum absolute atomic E-state index is 0.141. The summed E-state index contributed by atoms with van der Waals surface area (Å²) in [6.07, 6.45) is 2.65. The van der Waals surface area contributed by atoms with Crippen LogP contribution in [0, 0.1) is 6.92 Å². The monoisotopic (exact) mass is 350 g/mol. The molecule has 3 rings (SSSR count). The summed E-state index contributed by atoms with van der Waals surface area (Å²) < 4.78 is 7.43. The molecule has 1 unspecified atom stereocenters. The number of ether oxygens (including phenoxy) is 1. The van der Waals surface area contributed by atoms with E-state index < -0.39 is 6.10 Å². The first-order valence-corrected chi connectivity index (χ1v) is 8.51. The average molecular weight is 350 g/mol. The first-order chi connectivity index (χ1) is 12.6. The third kappa shape index (κ3) is 4.92. The smallest absolute Gasteiger partial charge is 0.261 e. The quantitative estimate of drug-likeness (QED) is 0.711. The SMILES string of the molecule is Cc1ccc(OC(C)C(=O)NCc2ccc(Cn3cncn3)cc2)cc1. The van der Waals surface area contributed by atoms with Crippen molar-refractivity contribution in [1.29, 1.82) is 0 Å². The van der Waals surface area contributed by atoms with Gasteiger partial charge in [0.15, 0.2) is 6.10 Å². The molecule has 0 spiro atoms. The van der Waals surface area contributed by atoms with Crippen LogP contribution in [0.5, 0.6) is 5.75 Å². The van der Waals surface area contributed by atoms with E-state index in [-0.39, 0.29) is 5.91 Å². The Kier molecular flexibility index (Phi) is 5.63. The van der Waals surface area contributed by atoms with Crippen LogP contribution in [0.15, 0.2) is 61.2 Å². The molecule has 1 amide bonds. The third-order valence-corrected chi connectivity index (χ3v) is 4.00. The molecule has 0 saturated carbocycles. The van der Waals surface area contributed by atoms with Crippen molar-refractivity contribution in [2.24, 2.45) is 0 Å². The topological polar surface area (TPSA) is 69.0 Å². The normalized spacial score (nSPS) is 11.8. The number of rotatable bonds is 7. The Morgan fingerprint density at radius 2 is 1.81 bits per heavy atom. The molecule has 1 N–H and O–H groups in total. The van der Waals surface area contributed by atoms with Gasteiger partial charge in [0.2, 0.25) is 0 Å². The van der Waals surface area contributed by atoms with E-state index in [9.17, 15) is 4.79 Å². The fraction of sp³-hybridized carbons (Fsp3) is 0.250. The van der Waals surface area contributed by atoms with Gasteiger partial charge in [0.05, 0.1) is 6.54 Å². The molecule has 6 heteroatoms. The number of nitrogens with zero attached hydrogens (tertiary/aromatic N) is 3. The minimum atomic E-state index is -0.552. The highest BCUT2D eigenvalue weighted by molar-refractivity contribution is 5.80. The van der Waals surface area contributed by atoms with E-state index in [4.69, 9.17) is 4.74 Å². The van der Waals surface area contributed by atoms with Gasteiger partial charge >= 0.3 is 0 Å². The highest BCUT2D eigenvalue weighted by Crippen LogP contribution is 2.13. The highest BCUT2D eigenvalue weighted by Gasteiger charge is 2.14. The molecule has 1 aromatic heterocycles. The van der Waals surface area contributed by atoms with Gasteiger partial charge in [0, 0.05) is 6.54 Å². The van der Waals surface area contributed by atoms with Crippen LogP contribution in [-0.4, -0.2) is 26.8 Å². The van der Waals surface area contributed by atoms with Crippen LogP contribution in [0.3, 0.4) is 0 Å². The molecule has 0 bridgehead atoms. The molecule has 0 fully saturated rings. The summed E-state index contributed by atoms with van der Waals surface area (Å²) in [5, 5.41) is 6.99. The Hall–Kier alpha value is -3.15. The summed E-state index contributed by atoms with van der Waals surface area (Å²) in [7, 11) is 0. The zero-order valence-corrected chi connectivity index (χ0v) is 14.9. The summed E-state index contributed by atoms with van der Waals surface area (Å²) in [6, 6.07) is 15.7. The predicted octanol–water partition coefficient (Wildman–Crippen LogP) is 2.72. The van der Waals surface area contributed by atoms with Crippen LogP contribution in [-0.2, 0) is 17.9 Å². The van der Waals surface area contributed by atoms with E-state index in [0.29, 0.717) is 18.8 Å². The van der Waals surface area contributed by atoms with Crippen molar-refractivity contribution in [3.63, 3.8) is 0 Å². The van der Waals surface area contributed by atoms with Crippen molar-refractivity contribution in [3.05, 3.63) is 77.9 Å². The van der Waals surface area contributed by atoms with Gasteiger partial charge in [-0.1, -0.05) is 42.0 Å². The lowest BCUT2D eigenvalue weighted by atomic mass is 10.1. The number of nitrogens with one attached hydrogen (secondary N) is 1. The maximum Gasteiger partial charge on any atom is 0.261 e. The summed E-state index contributed by atoms with van der Waals surface area (Å²) in [5.74, 6) is 0.549. The van der Waals surface area contributed by atoms with Crippen LogP contribution in [0.25, 0.3) is 0 Å². The van der Waals surface area contributed by atoms with Crippen molar-refractivity contribution < 1.29 is 9.53 Å². The van der Waals surface area contributed by atoms with Crippen molar-refractivity contribution >= 4 is 5.91 Å². The molecule has 26 heavy (non-hydrogen) atoms. The molecule has 0 aliphatic carbocycles. The van der Waals surface area contributed by atoms with Gasteiger partial charge in [0.1, 0.15) is 18.4 Å². The average Bonchev–Trinajstić information content (AvgIpc) is 3.16. The molecule has 0 aliphatic heterocycles. The lowest BCUT2D eigenvalue weighted by Crippen LogP contribution is -2.35. The molecule has 2 aromatic carbocycles. The summed E-state index contributed by atoms with van der Waals surface area (Å²) in [5.41, 5.74) is 3.31. The fourth-order valence-electron chi connectivity index (χ4n) is 2.47. The standard InChI is InChI=1S/C20H22N4O2/c1-15-3-9-19(10-4-15)26-16(2)20(25)22-11-17-5-7-18(8-6-17)12-24-14-21-13-23-24/h3-10,13-14,16H,11-12H2,1-2H3,(H,22,25). The first kappa shape index (κ1) is 17.7. The van der Waals surface area contributed by atoms with E-state index in [1.165, 1.54) is 6.33 Å². The van der Waals surface area contributed by atoms with Gasteiger partial charge in [-0.2, -0.15) is 5.10 Å². The van der Waals surface area contributed by atoms with Crippen molar-refractivity contribution in [1.82, 2.24) is 20.1 Å². The van der Waals surface area contributed by atoms with Crippen LogP contribution < -0.4 is 10.1 Å². The van der Waals surface area contributed by atoms with Crippen LogP contribution in [0.4, 0.5) is 0 Å². The Labute approximate surface area is 152 Å². The third-order valence-electron chi connectivity index (χ3n) is 4.00. The van der Waals surface area contributed by atoms with Crippen LogP contribution in [0.1, 0.15) is 23.6 Å². The van der Waals surface area contributed by atoms with Gasteiger partial charge < -0.3 is 10.1 Å².